The van der Waals surface area contributed by atoms with Crippen LogP contribution in [0.3, 0.4) is 0 Å². The van der Waals surface area contributed by atoms with Crippen molar-refractivity contribution in [2.75, 3.05) is 0 Å². The minimum Gasteiger partial charge on any atom is -0.469 e. The van der Waals surface area contributed by atoms with Crippen LogP contribution < -0.4 is 0 Å². The van der Waals surface area contributed by atoms with Gasteiger partial charge in [-0.05, 0) is 44.7 Å². The molecule has 2 saturated heterocycles. The first-order valence-corrected chi connectivity index (χ1v) is 6.92. The predicted octanol–water partition coefficient (Wildman–Crippen LogP) is 2.78. The van der Waals surface area contributed by atoms with E-state index in [4.69, 9.17) is 13.9 Å². The molecule has 1 aliphatic carbocycles. The first kappa shape index (κ1) is 11.1. The van der Waals surface area contributed by atoms with E-state index < -0.39 is 0 Å². The third kappa shape index (κ3) is 1.50. The zero-order chi connectivity index (χ0) is 12.5. The quantitative estimate of drug-likeness (QED) is 0.663. The van der Waals surface area contributed by atoms with Gasteiger partial charge in [0.15, 0.2) is 0 Å². The number of rotatable bonds is 0. The van der Waals surface area contributed by atoms with E-state index in [0.717, 1.165) is 31.4 Å². The molecule has 0 radical (unpaired) electrons. The number of aryl methyl sites for hydroxylation is 1. The van der Waals surface area contributed by atoms with Crippen LogP contribution in [0.1, 0.15) is 43.6 Å². The van der Waals surface area contributed by atoms with Crippen LogP contribution in [0, 0.1) is 6.92 Å². The molecule has 0 spiro atoms. The maximum absolute atomic E-state index is 5.92. The molecule has 0 aromatic carbocycles. The molecule has 4 rings (SSSR count). The Balaban J connectivity index is 1.71. The van der Waals surface area contributed by atoms with Gasteiger partial charge in [-0.3, -0.25) is 0 Å². The van der Waals surface area contributed by atoms with Gasteiger partial charge < -0.3 is 13.9 Å². The lowest BCUT2D eigenvalue weighted by Gasteiger charge is -2.11. The Labute approximate surface area is 107 Å². The first-order valence-electron chi connectivity index (χ1n) is 6.92. The number of fused-ring (bicyclic) bond motifs is 3. The van der Waals surface area contributed by atoms with Crippen LogP contribution in [-0.2, 0) is 22.3 Å². The van der Waals surface area contributed by atoms with Gasteiger partial charge in [-0.25, -0.2) is 0 Å². The number of ether oxygens (including phenoxy) is 2. The molecule has 0 amide bonds. The van der Waals surface area contributed by atoms with Crippen molar-refractivity contribution in [2.45, 2.75) is 69.9 Å². The van der Waals surface area contributed by atoms with Gasteiger partial charge in [0.05, 0.1) is 29.7 Å². The molecule has 0 N–H and O–H groups in total. The average Bonchev–Trinajstić information content (AvgIpc) is 3.11. The Hall–Kier alpha value is -0.800. The van der Waals surface area contributed by atoms with Crippen molar-refractivity contribution in [3.05, 3.63) is 23.2 Å². The van der Waals surface area contributed by atoms with Gasteiger partial charge in [0.25, 0.3) is 0 Å². The smallest absolute Gasteiger partial charge is 0.110 e. The fourth-order valence-corrected chi connectivity index (χ4v) is 3.45. The van der Waals surface area contributed by atoms with E-state index in [9.17, 15) is 0 Å². The van der Waals surface area contributed by atoms with Crippen LogP contribution in [0.4, 0.5) is 0 Å². The summed E-state index contributed by atoms with van der Waals surface area (Å²) in [5.41, 5.74) is 2.67. The van der Waals surface area contributed by atoms with Crippen LogP contribution in [0.15, 0.2) is 10.7 Å². The van der Waals surface area contributed by atoms with Crippen molar-refractivity contribution in [3.8, 4) is 0 Å². The molecule has 2 aliphatic heterocycles. The third-order valence-corrected chi connectivity index (χ3v) is 5.07. The molecule has 3 nitrogen and oxygen atoms in total. The van der Waals surface area contributed by atoms with Crippen LogP contribution >= 0.6 is 0 Å². The summed E-state index contributed by atoms with van der Waals surface area (Å²) < 4.78 is 17.6. The van der Waals surface area contributed by atoms with Crippen LogP contribution in [0.2, 0.25) is 0 Å². The molecule has 98 valence electrons. The van der Waals surface area contributed by atoms with Crippen molar-refractivity contribution >= 4 is 0 Å². The van der Waals surface area contributed by atoms with Crippen molar-refractivity contribution in [1.82, 2.24) is 0 Å². The molecular formula is C15H20O3. The number of epoxide rings is 2. The molecule has 4 unspecified atom stereocenters. The molecule has 4 atom stereocenters. The lowest BCUT2D eigenvalue weighted by Crippen LogP contribution is -2.20. The van der Waals surface area contributed by atoms with Gasteiger partial charge in [-0.2, -0.15) is 0 Å². The van der Waals surface area contributed by atoms with Crippen molar-refractivity contribution in [1.29, 1.82) is 0 Å². The molecule has 3 heteroatoms. The fourth-order valence-electron chi connectivity index (χ4n) is 3.45. The predicted molar refractivity (Wildman–Crippen MR) is 66.6 cm³/mol. The molecule has 0 saturated carbocycles. The summed E-state index contributed by atoms with van der Waals surface area (Å²) in [5.74, 6) is 1.11. The SMILES string of the molecule is Cc1coc2c1CC1OC1(C)CCC1OC1(C)C2. The van der Waals surface area contributed by atoms with Gasteiger partial charge in [0, 0.05) is 12.8 Å². The van der Waals surface area contributed by atoms with E-state index in [1.807, 2.05) is 6.26 Å². The minimum absolute atomic E-state index is 0.00285. The molecule has 3 aliphatic rings. The van der Waals surface area contributed by atoms with E-state index in [2.05, 4.69) is 20.8 Å². The molecule has 0 bridgehead atoms. The highest BCUT2D eigenvalue weighted by Crippen LogP contribution is 2.50. The highest BCUT2D eigenvalue weighted by Gasteiger charge is 2.58. The van der Waals surface area contributed by atoms with E-state index in [1.165, 1.54) is 11.1 Å². The second kappa shape index (κ2) is 3.20. The summed E-state index contributed by atoms with van der Waals surface area (Å²) in [4.78, 5) is 0. The van der Waals surface area contributed by atoms with E-state index in [1.54, 1.807) is 0 Å². The average molecular weight is 248 g/mol. The van der Waals surface area contributed by atoms with Gasteiger partial charge in [-0.15, -0.1) is 0 Å². The van der Waals surface area contributed by atoms with E-state index >= 15 is 0 Å². The Morgan fingerprint density at radius 3 is 2.78 bits per heavy atom. The largest absolute Gasteiger partial charge is 0.469 e. The fraction of sp³-hybridized carbons (Fsp3) is 0.733. The molecule has 18 heavy (non-hydrogen) atoms. The van der Waals surface area contributed by atoms with Crippen molar-refractivity contribution < 1.29 is 13.9 Å². The monoisotopic (exact) mass is 248 g/mol. The van der Waals surface area contributed by atoms with Crippen molar-refractivity contribution in [3.63, 3.8) is 0 Å². The number of hydrogen-bond acceptors (Lipinski definition) is 3. The lowest BCUT2D eigenvalue weighted by atomic mass is 9.88. The zero-order valence-electron chi connectivity index (χ0n) is 11.3. The summed E-state index contributed by atoms with van der Waals surface area (Å²) in [6.45, 7) is 6.56. The number of hydrogen-bond donors (Lipinski definition) is 0. The number of furan rings is 1. The summed E-state index contributed by atoms with van der Waals surface area (Å²) in [6.07, 6.45) is 6.76. The highest BCUT2D eigenvalue weighted by atomic mass is 16.6. The first-order chi connectivity index (χ1) is 8.50. The van der Waals surface area contributed by atoms with Gasteiger partial charge in [0.1, 0.15) is 5.76 Å². The second-order valence-electron chi connectivity index (χ2n) is 6.58. The van der Waals surface area contributed by atoms with Gasteiger partial charge in [0.2, 0.25) is 0 Å². The zero-order valence-corrected chi connectivity index (χ0v) is 11.3. The van der Waals surface area contributed by atoms with Gasteiger partial charge >= 0.3 is 0 Å². The minimum atomic E-state index is -0.00285. The van der Waals surface area contributed by atoms with E-state index in [0.29, 0.717) is 12.2 Å². The van der Waals surface area contributed by atoms with E-state index in [-0.39, 0.29) is 11.2 Å². The van der Waals surface area contributed by atoms with Crippen molar-refractivity contribution in [2.24, 2.45) is 0 Å². The summed E-state index contributed by atoms with van der Waals surface area (Å²) in [5, 5.41) is 0. The maximum Gasteiger partial charge on any atom is 0.110 e. The molecule has 2 fully saturated rings. The third-order valence-electron chi connectivity index (χ3n) is 5.07. The maximum atomic E-state index is 5.92. The molecule has 1 aromatic heterocycles. The summed E-state index contributed by atoms with van der Waals surface area (Å²) >= 11 is 0. The standard InChI is InChI=1S/C15H20O3/c1-9-8-16-11-7-15(3)12(17-15)4-5-14(2)13(18-14)6-10(9)11/h8,12-13H,4-7H2,1-3H3. The lowest BCUT2D eigenvalue weighted by molar-refractivity contribution is 0.268. The Morgan fingerprint density at radius 1 is 1.17 bits per heavy atom. The normalized spacial score (nSPS) is 45.7. The summed E-state index contributed by atoms with van der Waals surface area (Å²) in [7, 11) is 0. The Bertz CT molecular complexity index is 506. The molecule has 3 heterocycles. The highest BCUT2D eigenvalue weighted by molar-refractivity contribution is 5.32. The summed E-state index contributed by atoms with van der Waals surface area (Å²) in [6, 6.07) is 0. The van der Waals surface area contributed by atoms with Gasteiger partial charge in [-0.1, -0.05) is 0 Å². The second-order valence-corrected chi connectivity index (χ2v) is 6.58. The molecule has 1 aromatic rings. The Morgan fingerprint density at radius 2 is 1.94 bits per heavy atom. The van der Waals surface area contributed by atoms with Crippen LogP contribution in [0.25, 0.3) is 0 Å². The Kier molecular flexibility index (Phi) is 1.97. The van der Waals surface area contributed by atoms with Crippen LogP contribution in [-0.4, -0.2) is 23.4 Å². The topological polar surface area (TPSA) is 38.2 Å². The molecular weight excluding hydrogens is 228 g/mol. The van der Waals surface area contributed by atoms with Crippen LogP contribution in [0.5, 0.6) is 0 Å².